The topological polar surface area (TPSA) is 98.9 Å². The van der Waals surface area contributed by atoms with E-state index < -0.39 is 17.2 Å². The smallest absolute Gasteiger partial charge is 0.415 e. The van der Waals surface area contributed by atoms with Gasteiger partial charge in [-0.15, -0.1) is 5.10 Å². The van der Waals surface area contributed by atoms with E-state index in [2.05, 4.69) is 75.8 Å². The van der Waals surface area contributed by atoms with Gasteiger partial charge in [0.1, 0.15) is 16.7 Å². The molecule has 3 heterocycles. The average molecular weight is 736 g/mol. The lowest BCUT2D eigenvalue weighted by molar-refractivity contribution is 0.0578. The lowest BCUT2D eigenvalue weighted by Crippen LogP contribution is -2.39. The van der Waals surface area contributed by atoms with Gasteiger partial charge in [0, 0.05) is 17.5 Å². The molecule has 0 aliphatic heterocycles. The van der Waals surface area contributed by atoms with Crippen molar-refractivity contribution in [1.29, 1.82) is 0 Å². The van der Waals surface area contributed by atoms with Gasteiger partial charge in [0.15, 0.2) is 5.82 Å². The van der Waals surface area contributed by atoms with Crippen LogP contribution in [0.3, 0.4) is 0 Å². The number of nitrogens with zero attached hydrogens (tertiary/aromatic N) is 7. The monoisotopic (exact) mass is 735 g/mol. The third-order valence-corrected chi connectivity index (χ3v) is 9.71. The summed E-state index contributed by atoms with van der Waals surface area (Å²) in [5.74, 6) is 0.616. The fourth-order valence-corrected chi connectivity index (χ4v) is 7.33. The maximum atomic E-state index is 13.8. The summed E-state index contributed by atoms with van der Waals surface area (Å²) in [6.45, 7) is 7.77. The standard InChI is InChI=1S/C47H41N7O2/c1-33-31-42(43-41(49-33)25-16-30-48-43)53(45(55)56-46(2,3)4)32-34-26-28-35(29-27-34)39-23-14-15-24-40(39)44-50-51-52-54(44)47(36-17-8-5-9-18-36,37-19-10-6-11-20-37)38-21-12-7-13-22-38/h5-31H,32H2,1-4H3. The summed E-state index contributed by atoms with van der Waals surface area (Å²) in [7, 11) is 0. The first kappa shape index (κ1) is 36.0. The van der Waals surface area contributed by atoms with E-state index in [0.717, 1.165) is 44.6 Å². The number of amides is 1. The molecule has 0 aliphatic rings. The molecule has 0 aliphatic carbocycles. The Balaban J connectivity index is 1.22. The van der Waals surface area contributed by atoms with Crippen LogP contribution in [0.2, 0.25) is 0 Å². The molecule has 0 saturated carbocycles. The van der Waals surface area contributed by atoms with E-state index in [1.165, 1.54) is 0 Å². The highest BCUT2D eigenvalue weighted by molar-refractivity contribution is 5.98. The molecule has 5 aromatic carbocycles. The first-order valence-electron chi connectivity index (χ1n) is 18.6. The van der Waals surface area contributed by atoms with Crippen LogP contribution in [0.5, 0.6) is 0 Å². The number of carbonyl (C=O) groups excluding carboxylic acids is 1. The summed E-state index contributed by atoms with van der Waals surface area (Å²) in [6.07, 6.45) is 1.25. The first-order chi connectivity index (χ1) is 27.2. The van der Waals surface area contributed by atoms with E-state index in [1.54, 1.807) is 11.1 Å². The summed E-state index contributed by atoms with van der Waals surface area (Å²) >= 11 is 0. The van der Waals surface area contributed by atoms with E-state index in [0.29, 0.717) is 22.5 Å². The summed E-state index contributed by atoms with van der Waals surface area (Å²) in [4.78, 5) is 24.7. The van der Waals surface area contributed by atoms with Crippen molar-refractivity contribution in [2.75, 3.05) is 4.90 Å². The minimum atomic E-state index is -0.894. The number of hydrogen-bond acceptors (Lipinski definition) is 7. The molecule has 0 spiro atoms. The number of tetrazole rings is 1. The molecule has 56 heavy (non-hydrogen) atoms. The van der Waals surface area contributed by atoms with E-state index >= 15 is 0 Å². The predicted octanol–water partition coefficient (Wildman–Crippen LogP) is 10.0. The minimum Gasteiger partial charge on any atom is -0.443 e. The van der Waals surface area contributed by atoms with Gasteiger partial charge in [0.05, 0.1) is 17.7 Å². The highest BCUT2D eigenvalue weighted by Gasteiger charge is 2.42. The fourth-order valence-electron chi connectivity index (χ4n) is 7.33. The minimum absolute atomic E-state index is 0.262. The maximum absolute atomic E-state index is 13.8. The number of fused-ring (bicyclic) bond motifs is 1. The molecule has 3 aromatic heterocycles. The Morgan fingerprint density at radius 2 is 1.27 bits per heavy atom. The summed E-state index contributed by atoms with van der Waals surface area (Å²) in [6, 6.07) is 53.2. The second-order valence-electron chi connectivity index (χ2n) is 14.7. The maximum Gasteiger partial charge on any atom is 0.415 e. The summed E-state index contributed by atoms with van der Waals surface area (Å²) in [5.41, 5.74) is 7.96. The summed E-state index contributed by atoms with van der Waals surface area (Å²) < 4.78 is 7.87. The average Bonchev–Trinajstić information content (AvgIpc) is 3.71. The lowest BCUT2D eigenvalue weighted by atomic mass is 9.77. The van der Waals surface area contributed by atoms with Crippen LogP contribution in [-0.4, -0.2) is 41.9 Å². The number of anilines is 1. The highest BCUT2D eigenvalue weighted by atomic mass is 16.6. The van der Waals surface area contributed by atoms with Crippen LogP contribution in [0, 0.1) is 6.92 Å². The van der Waals surface area contributed by atoms with Gasteiger partial charge in [-0.2, -0.15) is 0 Å². The number of carbonyl (C=O) groups is 1. The Labute approximate surface area is 326 Å². The molecular formula is C47H41N7O2. The van der Waals surface area contributed by atoms with Crippen molar-refractivity contribution in [3.05, 3.63) is 192 Å². The zero-order valence-corrected chi connectivity index (χ0v) is 31.7. The predicted molar refractivity (Wildman–Crippen MR) is 220 cm³/mol. The highest BCUT2D eigenvalue weighted by Crippen LogP contribution is 2.43. The second kappa shape index (κ2) is 15.0. The van der Waals surface area contributed by atoms with Gasteiger partial charge >= 0.3 is 6.09 Å². The largest absolute Gasteiger partial charge is 0.443 e. The Morgan fingerprint density at radius 1 is 0.696 bits per heavy atom. The lowest BCUT2D eigenvalue weighted by Gasteiger charge is -2.36. The van der Waals surface area contributed by atoms with Crippen LogP contribution >= 0.6 is 0 Å². The van der Waals surface area contributed by atoms with Gasteiger partial charge in [0.25, 0.3) is 0 Å². The molecule has 0 N–H and O–H groups in total. The van der Waals surface area contributed by atoms with E-state index in [9.17, 15) is 4.79 Å². The van der Waals surface area contributed by atoms with Gasteiger partial charge in [-0.3, -0.25) is 14.9 Å². The fraction of sp³-hybridized carbons (Fsp3) is 0.149. The van der Waals surface area contributed by atoms with Crippen LogP contribution in [0.4, 0.5) is 10.5 Å². The van der Waals surface area contributed by atoms with Crippen LogP contribution in [0.25, 0.3) is 33.5 Å². The van der Waals surface area contributed by atoms with E-state index in [4.69, 9.17) is 15.0 Å². The number of rotatable bonds is 9. The van der Waals surface area contributed by atoms with Crippen molar-refractivity contribution < 1.29 is 9.53 Å². The van der Waals surface area contributed by atoms with Crippen LogP contribution in [0.1, 0.15) is 48.7 Å². The van der Waals surface area contributed by atoms with Gasteiger partial charge in [0.2, 0.25) is 0 Å². The zero-order valence-electron chi connectivity index (χ0n) is 31.7. The number of benzene rings is 5. The number of ether oxygens (including phenoxy) is 1. The van der Waals surface area contributed by atoms with Crippen LogP contribution in [-0.2, 0) is 16.8 Å². The zero-order chi connectivity index (χ0) is 38.7. The molecule has 0 atom stereocenters. The molecule has 8 aromatic rings. The van der Waals surface area contributed by atoms with Gasteiger partial charge < -0.3 is 4.74 Å². The van der Waals surface area contributed by atoms with Gasteiger partial charge in [-0.25, -0.2) is 9.48 Å². The molecular weight excluding hydrogens is 695 g/mol. The van der Waals surface area contributed by atoms with Crippen LogP contribution in [0.15, 0.2) is 164 Å². The van der Waals surface area contributed by atoms with E-state index in [-0.39, 0.29) is 6.54 Å². The van der Waals surface area contributed by atoms with Crippen molar-refractivity contribution in [2.24, 2.45) is 0 Å². The molecule has 0 fully saturated rings. The number of pyridine rings is 2. The van der Waals surface area contributed by atoms with Gasteiger partial charge in [-0.05, 0) is 89.7 Å². The molecule has 0 saturated heterocycles. The molecule has 0 radical (unpaired) electrons. The normalized spacial score (nSPS) is 11.7. The Hall–Kier alpha value is -7.00. The molecule has 276 valence electrons. The third-order valence-electron chi connectivity index (χ3n) is 9.71. The van der Waals surface area contributed by atoms with Crippen LogP contribution < -0.4 is 4.90 Å². The Bertz CT molecular complexity index is 2510. The molecule has 1 amide bonds. The quantitative estimate of drug-likeness (QED) is 0.136. The van der Waals surface area contributed by atoms with Crippen molar-refractivity contribution in [3.63, 3.8) is 0 Å². The number of hydrogen-bond donors (Lipinski definition) is 0. The van der Waals surface area contributed by atoms with Crippen molar-refractivity contribution >= 4 is 22.8 Å². The number of aryl methyl sites for hydroxylation is 1. The molecule has 0 unspecified atom stereocenters. The second-order valence-corrected chi connectivity index (χ2v) is 14.7. The molecule has 0 bridgehead atoms. The van der Waals surface area contributed by atoms with E-state index in [1.807, 2.05) is 129 Å². The number of aromatic nitrogens is 6. The Morgan fingerprint density at radius 3 is 1.86 bits per heavy atom. The Kier molecular flexibility index (Phi) is 9.66. The van der Waals surface area contributed by atoms with Crippen molar-refractivity contribution in [3.8, 4) is 22.5 Å². The molecule has 9 heteroatoms. The summed E-state index contributed by atoms with van der Waals surface area (Å²) in [5, 5.41) is 13.8. The SMILES string of the molecule is Cc1cc(N(Cc2ccc(-c3ccccc3-c3nnnn3C(c3ccccc3)(c3ccccc3)c3ccccc3)cc2)C(=O)OC(C)(C)C)c2ncccc2n1. The van der Waals surface area contributed by atoms with Crippen molar-refractivity contribution in [2.45, 2.75) is 45.4 Å². The van der Waals surface area contributed by atoms with Crippen molar-refractivity contribution in [1.82, 2.24) is 30.2 Å². The van der Waals surface area contributed by atoms with Gasteiger partial charge in [-0.1, -0.05) is 140 Å². The third kappa shape index (κ3) is 6.91. The first-order valence-corrected chi connectivity index (χ1v) is 18.6. The molecule has 8 rings (SSSR count). The molecule has 9 nitrogen and oxygen atoms in total.